The van der Waals surface area contributed by atoms with E-state index in [-0.39, 0.29) is 12.3 Å². The van der Waals surface area contributed by atoms with Crippen LogP contribution in [0.1, 0.15) is 29.0 Å². The van der Waals surface area contributed by atoms with Crippen molar-refractivity contribution in [2.75, 3.05) is 7.11 Å². The summed E-state index contributed by atoms with van der Waals surface area (Å²) in [7, 11) is 1.23. The standard InChI is InChI=1S/C20H19NO3/c1-13-8-9-18-16(10-13)17(12-21-18)15(11-19(22)20(23)24-2)14-6-4-3-5-7-14/h3-10,12,15,21H,11H2,1-2H3/t15-/m0/s1. The molecule has 0 aliphatic rings. The van der Waals surface area contributed by atoms with E-state index in [0.717, 1.165) is 27.6 Å². The summed E-state index contributed by atoms with van der Waals surface area (Å²) >= 11 is 0. The Hall–Kier alpha value is -2.88. The van der Waals surface area contributed by atoms with Crippen molar-refractivity contribution in [3.05, 3.63) is 71.4 Å². The van der Waals surface area contributed by atoms with E-state index in [0.29, 0.717) is 0 Å². The fourth-order valence-corrected chi connectivity index (χ4v) is 3.02. The molecule has 0 aliphatic heterocycles. The van der Waals surface area contributed by atoms with E-state index in [1.165, 1.54) is 7.11 Å². The molecule has 0 fully saturated rings. The summed E-state index contributed by atoms with van der Waals surface area (Å²) in [5.41, 5.74) is 4.17. The molecule has 1 atom stereocenters. The van der Waals surface area contributed by atoms with Crippen LogP contribution in [0.4, 0.5) is 0 Å². The average molecular weight is 321 g/mol. The number of aromatic nitrogens is 1. The predicted molar refractivity (Wildman–Crippen MR) is 93.0 cm³/mol. The van der Waals surface area contributed by atoms with Crippen LogP contribution in [0.25, 0.3) is 10.9 Å². The van der Waals surface area contributed by atoms with E-state index >= 15 is 0 Å². The van der Waals surface area contributed by atoms with Gasteiger partial charge >= 0.3 is 5.97 Å². The van der Waals surface area contributed by atoms with Crippen molar-refractivity contribution in [1.82, 2.24) is 4.98 Å². The highest BCUT2D eigenvalue weighted by molar-refractivity contribution is 6.33. The number of H-pyrrole nitrogens is 1. The second kappa shape index (κ2) is 6.71. The molecule has 0 saturated carbocycles. The molecular formula is C20H19NO3. The van der Waals surface area contributed by atoms with Crippen molar-refractivity contribution in [2.45, 2.75) is 19.3 Å². The molecule has 0 amide bonds. The van der Waals surface area contributed by atoms with Crippen LogP contribution >= 0.6 is 0 Å². The van der Waals surface area contributed by atoms with Crippen LogP contribution in [0.2, 0.25) is 0 Å². The number of benzene rings is 2. The Kier molecular flexibility index (Phi) is 4.47. The number of ketones is 1. The maximum absolute atomic E-state index is 12.2. The summed E-state index contributed by atoms with van der Waals surface area (Å²) in [6, 6.07) is 15.9. The summed E-state index contributed by atoms with van der Waals surface area (Å²) in [5.74, 6) is -1.52. The van der Waals surface area contributed by atoms with Gasteiger partial charge in [0.15, 0.2) is 0 Å². The highest BCUT2D eigenvalue weighted by atomic mass is 16.5. The van der Waals surface area contributed by atoms with Gasteiger partial charge in [-0.1, -0.05) is 42.0 Å². The number of Topliss-reactive ketones (excluding diaryl/α,β-unsaturated/α-hetero) is 1. The van der Waals surface area contributed by atoms with Crippen molar-refractivity contribution < 1.29 is 14.3 Å². The first kappa shape index (κ1) is 16.0. The molecule has 3 aromatic rings. The predicted octanol–water partition coefficient (Wildman–Crippen LogP) is 3.74. The van der Waals surface area contributed by atoms with E-state index < -0.39 is 11.8 Å². The Labute approximate surface area is 140 Å². The lowest BCUT2D eigenvalue weighted by Gasteiger charge is -2.16. The lowest BCUT2D eigenvalue weighted by atomic mass is 9.86. The molecule has 0 saturated heterocycles. The van der Waals surface area contributed by atoms with Crippen molar-refractivity contribution in [1.29, 1.82) is 0 Å². The normalized spacial score (nSPS) is 12.1. The molecule has 0 unspecified atom stereocenters. The minimum absolute atomic E-state index is 0.0809. The van der Waals surface area contributed by atoms with Gasteiger partial charge in [-0.05, 0) is 30.2 Å². The molecule has 122 valence electrons. The number of aryl methyl sites for hydroxylation is 1. The van der Waals surface area contributed by atoms with Crippen LogP contribution < -0.4 is 0 Å². The van der Waals surface area contributed by atoms with Gasteiger partial charge in [0, 0.05) is 29.4 Å². The number of carbonyl (C=O) groups is 2. The van der Waals surface area contributed by atoms with Crippen LogP contribution in [0.5, 0.6) is 0 Å². The van der Waals surface area contributed by atoms with Crippen LogP contribution in [-0.2, 0) is 14.3 Å². The number of methoxy groups -OCH3 is 1. The second-order valence-electron chi connectivity index (χ2n) is 5.88. The highest BCUT2D eigenvalue weighted by Gasteiger charge is 2.25. The van der Waals surface area contributed by atoms with Gasteiger partial charge in [-0.2, -0.15) is 0 Å². The largest absolute Gasteiger partial charge is 0.463 e. The van der Waals surface area contributed by atoms with Crippen LogP contribution in [-0.4, -0.2) is 23.8 Å². The number of fused-ring (bicyclic) bond motifs is 1. The highest BCUT2D eigenvalue weighted by Crippen LogP contribution is 2.34. The van der Waals surface area contributed by atoms with E-state index in [4.69, 9.17) is 0 Å². The van der Waals surface area contributed by atoms with Crippen molar-refractivity contribution in [3.8, 4) is 0 Å². The zero-order valence-corrected chi connectivity index (χ0v) is 13.7. The SMILES string of the molecule is COC(=O)C(=O)C[C@@H](c1ccccc1)c1c[nH]c2ccc(C)cc12. The molecule has 1 aromatic heterocycles. The monoisotopic (exact) mass is 321 g/mol. The first-order chi connectivity index (χ1) is 11.6. The number of esters is 1. The summed E-state index contributed by atoms with van der Waals surface area (Å²) in [5, 5.41) is 1.07. The zero-order valence-electron chi connectivity index (χ0n) is 13.7. The second-order valence-corrected chi connectivity index (χ2v) is 5.88. The number of carbonyl (C=O) groups excluding carboxylic acids is 2. The topological polar surface area (TPSA) is 59.2 Å². The number of nitrogens with one attached hydrogen (secondary N) is 1. The van der Waals surface area contributed by atoms with Gasteiger partial charge in [-0.25, -0.2) is 4.79 Å². The first-order valence-corrected chi connectivity index (χ1v) is 7.84. The smallest absolute Gasteiger partial charge is 0.374 e. The average Bonchev–Trinajstić information content (AvgIpc) is 3.02. The fraction of sp³-hybridized carbons (Fsp3) is 0.200. The summed E-state index contributed by atoms with van der Waals surface area (Å²) < 4.78 is 4.58. The molecule has 2 aromatic carbocycles. The number of rotatable bonds is 5. The van der Waals surface area contributed by atoms with Gasteiger partial charge in [0.05, 0.1) is 7.11 Å². The van der Waals surface area contributed by atoms with Gasteiger partial charge in [0.1, 0.15) is 0 Å². The minimum atomic E-state index is -0.799. The molecule has 4 nitrogen and oxygen atoms in total. The van der Waals surface area contributed by atoms with Gasteiger partial charge < -0.3 is 9.72 Å². The number of ether oxygens (including phenoxy) is 1. The molecule has 0 aliphatic carbocycles. The Morgan fingerprint density at radius 2 is 1.88 bits per heavy atom. The fourth-order valence-electron chi connectivity index (χ4n) is 3.02. The van der Waals surface area contributed by atoms with E-state index in [1.54, 1.807) is 0 Å². The summed E-state index contributed by atoms with van der Waals surface area (Å²) in [6.45, 7) is 2.04. The Morgan fingerprint density at radius 1 is 1.12 bits per heavy atom. The lowest BCUT2D eigenvalue weighted by molar-refractivity contribution is -0.151. The van der Waals surface area contributed by atoms with Crippen molar-refractivity contribution in [2.24, 2.45) is 0 Å². The first-order valence-electron chi connectivity index (χ1n) is 7.84. The molecule has 0 spiro atoms. The maximum Gasteiger partial charge on any atom is 0.374 e. The third-order valence-electron chi connectivity index (χ3n) is 4.25. The van der Waals surface area contributed by atoms with Gasteiger partial charge in [0.2, 0.25) is 5.78 Å². The Bertz CT molecular complexity index is 880. The lowest BCUT2D eigenvalue weighted by Crippen LogP contribution is -2.19. The van der Waals surface area contributed by atoms with Gasteiger partial charge in [-0.3, -0.25) is 4.79 Å². The molecule has 4 heteroatoms. The van der Waals surface area contributed by atoms with Crippen LogP contribution in [0.3, 0.4) is 0 Å². The quantitative estimate of drug-likeness (QED) is 0.575. The number of hydrogen-bond acceptors (Lipinski definition) is 3. The summed E-state index contributed by atoms with van der Waals surface area (Å²) in [6.07, 6.45) is 2.00. The Morgan fingerprint density at radius 3 is 2.58 bits per heavy atom. The zero-order chi connectivity index (χ0) is 17.1. The van der Waals surface area contributed by atoms with E-state index in [2.05, 4.69) is 15.8 Å². The van der Waals surface area contributed by atoms with Gasteiger partial charge in [0.25, 0.3) is 0 Å². The van der Waals surface area contributed by atoms with E-state index in [1.807, 2.05) is 55.6 Å². The molecule has 1 heterocycles. The minimum Gasteiger partial charge on any atom is -0.463 e. The van der Waals surface area contributed by atoms with E-state index in [9.17, 15) is 9.59 Å². The van der Waals surface area contributed by atoms with Crippen molar-refractivity contribution >= 4 is 22.7 Å². The molecule has 0 bridgehead atoms. The Balaban J connectivity index is 2.08. The third-order valence-corrected chi connectivity index (χ3v) is 4.25. The van der Waals surface area contributed by atoms with Crippen molar-refractivity contribution in [3.63, 3.8) is 0 Å². The van der Waals surface area contributed by atoms with Crippen LogP contribution in [0, 0.1) is 6.92 Å². The molecular weight excluding hydrogens is 302 g/mol. The van der Waals surface area contributed by atoms with Gasteiger partial charge in [-0.15, -0.1) is 0 Å². The van der Waals surface area contributed by atoms with Crippen LogP contribution in [0.15, 0.2) is 54.7 Å². The third kappa shape index (κ3) is 3.08. The number of aromatic amines is 1. The number of hydrogen-bond donors (Lipinski definition) is 1. The summed E-state index contributed by atoms with van der Waals surface area (Å²) in [4.78, 5) is 27.0. The molecule has 3 rings (SSSR count). The molecule has 0 radical (unpaired) electrons. The molecule has 1 N–H and O–H groups in total. The molecule has 24 heavy (non-hydrogen) atoms. The maximum atomic E-state index is 12.2.